The average Bonchev–Trinajstić information content (AvgIpc) is 2.65. The number of nitrogens with zero attached hydrogens (tertiary/aromatic N) is 2. The van der Waals surface area contributed by atoms with Crippen LogP contribution in [-0.2, 0) is 0 Å². The number of carbonyl (C=O) groups excluding carboxylic acids is 1. The van der Waals surface area contributed by atoms with Gasteiger partial charge in [0.1, 0.15) is 29.0 Å². The van der Waals surface area contributed by atoms with Gasteiger partial charge < -0.3 is 15.2 Å². The van der Waals surface area contributed by atoms with Gasteiger partial charge in [0.25, 0.3) is 11.6 Å². The maximum absolute atomic E-state index is 11.5. The van der Waals surface area contributed by atoms with Crippen molar-refractivity contribution in [3.8, 4) is 23.1 Å². The van der Waals surface area contributed by atoms with Crippen LogP contribution in [-0.4, -0.2) is 15.8 Å². The molecule has 0 aliphatic rings. The first-order chi connectivity index (χ1) is 12.9. The third-order valence-electron chi connectivity index (χ3n) is 3.61. The molecule has 0 radical (unpaired) electrons. The number of pyridine rings is 1. The van der Waals surface area contributed by atoms with Gasteiger partial charge in [-0.25, -0.2) is 4.98 Å². The molecule has 0 saturated carbocycles. The molecular formula is C19H15N3O5. The van der Waals surface area contributed by atoms with Crippen LogP contribution in [0.3, 0.4) is 0 Å². The van der Waals surface area contributed by atoms with E-state index in [4.69, 9.17) is 15.2 Å². The quantitative estimate of drug-likeness (QED) is 0.521. The molecule has 2 aromatic carbocycles. The summed E-state index contributed by atoms with van der Waals surface area (Å²) in [6.07, 6.45) is 0.997. The van der Waals surface area contributed by atoms with Crippen LogP contribution in [0, 0.1) is 17.0 Å². The fourth-order valence-corrected chi connectivity index (χ4v) is 2.23. The number of hydrogen-bond donors (Lipinski definition) is 1. The predicted molar refractivity (Wildman–Crippen MR) is 97.2 cm³/mol. The largest absolute Gasteiger partial charge is 0.457 e. The van der Waals surface area contributed by atoms with Crippen LogP contribution in [0.15, 0.2) is 60.8 Å². The molecule has 0 saturated heterocycles. The Kier molecular flexibility index (Phi) is 4.98. The first kappa shape index (κ1) is 17.9. The molecule has 1 amide bonds. The first-order valence-electron chi connectivity index (χ1n) is 7.89. The van der Waals surface area contributed by atoms with Gasteiger partial charge >= 0.3 is 0 Å². The molecule has 0 bridgehead atoms. The second-order valence-corrected chi connectivity index (χ2v) is 5.66. The van der Waals surface area contributed by atoms with E-state index >= 15 is 0 Å². The molecule has 0 spiro atoms. The summed E-state index contributed by atoms with van der Waals surface area (Å²) >= 11 is 0. The molecule has 0 atom stereocenters. The van der Waals surface area contributed by atoms with Gasteiger partial charge in [-0.05, 0) is 43.3 Å². The van der Waals surface area contributed by atoms with Crippen molar-refractivity contribution in [1.29, 1.82) is 0 Å². The van der Waals surface area contributed by atoms with Crippen LogP contribution < -0.4 is 15.2 Å². The van der Waals surface area contributed by atoms with Crippen molar-refractivity contribution in [2.24, 2.45) is 5.73 Å². The monoisotopic (exact) mass is 365 g/mol. The van der Waals surface area contributed by atoms with Gasteiger partial charge in [-0.15, -0.1) is 0 Å². The highest BCUT2D eigenvalue weighted by Crippen LogP contribution is 2.28. The smallest absolute Gasteiger partial charge is 0.288 e. The molecule has 0 aliphatic heterocycles. The van der Waals surface area contributed by atoms with Crippen molar-refractivity contribution in [2.75, 3.05) is 0 Å². The molecule has 2 N–H and O–H groups in total. The molecule has 1 aromatic heterocycles. The van der Waals surface area contributed by atoms with E-state index in [1.807, 2.05) is 31.2 Å². The van der Waals surface area contributed by atoms with Crippen molar-refractivity contribution in [2.45, 2.75) is 6.92 Å². The van der Waals surface area contributed by atoms with E-state index in [1.54, 1.807) is 24.3 Å². The maximum Gasteiger partial charge on any atom is 0.288 e. The van der Waals surface area contributed by atoms with Gasteiger partial charge in [0.2, 0.25) is 5.88 Å². The summed E-state index contributed by atoms with van der Waals surface area (Å²) in [5, 5.41) is 10.8. The normalized spacial score (nSPS) is 10.3. The maximum atomic E-state index is 11.5. The molecule has 1 heterocycles. The number of rotatable bonds is 6. The Bertz CT molecular complexity index is 985. The van der Waals surface area contributed by atoms with Crippen molar-refractivity contribution >= 4 is 11.6 Å². The van der Waals surface area contributed by atoms with Crippen molar-refractivity contribution in [1.82, 2.24) is 4.98 Å². The van der Waals surface area contributed by atoms with E-state index in [0.717, 1.165) is 17.8 Å². The van der Waals surface area contributed by atoms with Crippen molar-refractivity contribution < 1.29 is 19.2 Å². The number of aromatic nitrogens is 1. The lowest BCUT2D eigenvalue weighted by molar-refractivity contribution is -0.385. The van der Waals surface area contributed by atoms with E-state index in [9.17, 15) is 14.9 Å². The fraction of sp³-hybridized carbons (Fsp3) is 0.0526. The van der Waals surface area contributed by atoms with E-state index in [-0.39, 0.29) is 17.1 Å². The zero-order chi connectivity index (χ0) is 19.4. The van der Waals surface area contributed by atoms with Gasteiger partial charge in [0, 0.05) is 6.07 Å². The first-order valence-corrected chi connectivity index (χ1v) is 7.89. The van der Waals surface area contributed by atoms with Gasteiger partial charge in [0.05, 0.1) is 4.92 Å². The molecule has 136 valence electrons. The second-order valence-electron chi connectivity index (χ2n) is 5.66. The van der Waals surface area contributed by atoms with Crippen molar-refractivity contribution in [3.05, 3.63) is 82.0 Å². The third-order valence-corrected chi connectivity index (χ3v) is 3.61. The molecule has 0 aliphatic carbocycles. The van der Waals surface area contributed by atoms with E-state index in [0.29, 0.717) is 17.2 Å². The van der Waals surface area contributed by atoms with Crippen LogP contribution >= 0.6 is 0 Å². The summed E-state index contributed by atoms with van der Waals surface area (Å²) in [7, 11) is 0. The van der Waals surface area contributed by atoms with Crippen LogP contribution in [0.1, 0.15) is 15.9 Å². The summed E-state index contributed by atoms with van der Waals surface area (Å²) in [4.78, 5) is 25.5. The van der Waals surface area contributed by atoms with Gasteiger partial charge in [-0.3, -0.25) is 14.9 Å². The molecular weight excluding hydrogens is 350 g/mol. The highest BCUT2D eigenvalue weighted by molar-refractivity contribution is 5.95. The summed E-state index contributed by atoms with van der Waals surface area (Å²) in [5.41, 5.74) is 5.86. The number of hydrogen-bond acceptors (Lipinski definition) is 6. The lowest BCUT2D eigenvalue weighted by Gasteiger charge is -2.09. The third kappa shape index (κ3) is 4.37. The lowest BCUT2D eigenvalue weighted by Crippen LogP contribution is -2.13. The minimum Gasteiger partial charge on any atom is -0.457 e. The number of nitrogens with two attached hydrogens (primary N) is 1. The number of benzene rings is 2. The Morgan fingerprint density at radius 2 is 1.52 bits per heavy atom. The zero-order valence-corrected chi connectivity index (χ0v) is 14.3. The molecule has 3 aromatic rings. The molecule has 8 nitrogen and oxygen atoms in total. The van der Waals surface area contributed by atoms with E-state index in [2.05, 4.69) is 4.98 Å². The van der Waals surface area contributed by atoms with Gasteiger partial charge in [-0.2, -0.15) is 0 Å². The fourth-order valence-electron chi connectivity index (χ4n) is 2.23. The molecule has 8 heteroatoms. The Morgan fingerprint density at radius 3 is 2.04 bits per heavy atom. The summed E-state index contributed by atoms with van der Waals surface area (Å²) in [5.74, 6) is 0.677. The topological polar surface area (TPSA) is 118 Å². The minimum absolute atomic E-state index is 0.111. The second kappa shape index (κ2) is 7.52. The molecule has 3 rings (SSSR count). The number of ether oxygens (including phenoxy) is 2. The number of carbonyl (C=O) groups is 1. The van der Waals surface area contributed by atoms with Crippen LogP contribution in [0.2, 0.25) is 0 Å². The predicted octanol–water partition coefficient (Wildman–Crippen LogP) is 3.98. The van der Waals surface area contributed by atoms with Crippen molar-refractivity contribution in [3.63, 3.8) is 0 Å². The average molecular weight is 365 g/mol. The Hall–Kier alpha value is -3.94. The highest BCUT2D eigenvalue weighted by Gasteiger charge is 2.18. The molecule has 0 unspecified atom stereocenters. The summed E-state index contributed by atoms with van der Waals surface area (Å²) in [6, 6.07) is 15.2. The molecule has 27 heavy (non-hydrogen) atoms. The number of amides is 1. The zero-order valence-electron chi connectivity index (χ0n) is 14.3. The summed E-state index contributed by atoms with van der Waals surface area (Å²) in [6.45, 7) is 1.99. The minimum atomic E-state index is -0.875. The van der Waals surface area contributed by atoms with Crippen LogP contribution in [0.5, 0.6) is 23.1 Å². The van der Waals surface area contributed by atoms with E-state index < -0.39 is 10.8 Å². The van der Waals surface area contributed by atoms with E-state index in [1.165, 1.54) is 0 Å². The Morgan fingerprint density at radius 1 is 1.00 bits per heavy atom. The van der Waals surface area contributed by atoms with Gasteiger partial charge in [-0.1, -0.05) is 17.7 Å². The SMILES string of the molecule is Cc1ccc(Oc2ccc(Oc3ncc([N+](=O)[O-])cc3C(N)=O)cc2)cc1. The Labute approximate surface area is 154 Å². The van der Waals surface area contributed by atoms with Crippen LogP contribution in [0.25, 0.3) is 0 Å². The Balaban J connectivity index is 1.77. The molecule has 0 fully saturated rings. The lowest BCUT2D eigenvalue weighted by atomic mass is 10.2. The van der Waals surface area contributed by atoms with Crippen LogP contribution in [0.4, 0.5) is 5.69 Å². The number of nitro groups is 1. The van der Waals surface area contributed by atoms with Gasteiger partial charge in [0.15, 0.2) is 0 Å². The number of aryl methyl sites for hydroxylation is 1. The number of primary amides is 1. The highest BCUT2D eigenvalue weighted by atomic mass is 16.6. The standard InChI is InChI=1S/C19H15N3O5/c1-12-2-4-14(5-3-12)26-15-6-8-16(9-7-15)27-19-17(18(20)23)10-13(11-21-19)22(24)25/h2-11H,1H3,(H2,20,23). The summed E-state index contributed by atoms with van der Waals surface area (Å²) < 4.78 is 11.3.